The van der Waals surface area contributed by atoms with E-state index in [2.05, 4.69) is 22.8 Å². The smallest absolute Gasteiger partial charge is 0.312 e. The van der Waals surface area contributed by atoms with E-state index in [4.69, 9.17) is 5.73 Å². The maximum absolute atomic E-state index is 13.7. The minimum absolute atomic E-state index is 0.117. The van der Waals surface area contributed by atoms with E-state index in [0.717, 1.165) is 41.2 Å². The highest BCUT2D eigenvalue weighted by molar-refractivity contribution is 5.90. The van der Waals surface area contributed by atoms with Crippen molar-refractivity contribution in [1.29, 1.82) is 0 Å². The Morgan fingerprint density at radius 1 is 0.953 bits per heavy atom. The summed E-state index contributed by atoms with van der Waals surface area (Å²) in [5, 5.41) is 8.13. The summed E-state index contributed by atoms with van der Waals surface area (Å²) in [6.45, 7) is 3.64. The summed E-state index contributed by atoms with van der Waals surface area (Å²) in [6.07, 6.45) is 6.92. The van der Waals surface area contributed by atoms with Gasteiger partial charge in [-0.05, 0) is 72.7 Å². The third-order valence-corrected chi connectivity index (χ3v) is 9.40. The molecule has 8 nitrogen and oxygen atoms in total. The first kappa shape index (κ1) is 30.5. The Kier molecular flexibility index (Phi) is 9.65. The van der Waals surface area contributed by atoms with E-state index >= 15 is 0 Å². The van der Waals surface area contributed by atoms with Crippen LogP contribution in [0.5, 0.6) is 0 Å². The number of urea groups is 1. The van der Waals surface area contributed by atoms with Crippen LogP contribution in [0.1, 0.15) is 61.1 Å². The van der Waals surface area contributed by atoms with Crippen molar-refractivity contribution in [2.24, 2.45) is 5.73 Å². The van der Waals surface area contributed by atoms with Gasteiger partial charge in [0.05, 0.1) is 5.92 Å². The highest BCUT2D eigenvalue weighted by Gasteiger charge is 2.48. The van der Waals surface area contributed by atoms with Gasteiger partial charge in [0.1, 0.15) is 6.04 Å². The van der Waals surface area contributed by atoms with Crippen LogP contribution in [0.2, 0.25) is 0 Å². The van der Waals surface area contributed by atoms with Gasteiger partial charge >= 0.3 is 6.03 Å². The van der Waals surface area contributed by atoms with Crippen LogP contribution in [0.25, 0.3) is 10.8 Å². The van der Waals surface area contributed by atoms with Crippen LogP contribution in [-0.2, 0) is 21.4 Å². The number of nitrogens with two attached hydrogens (primary N) is 1. The summed E-state index contributed by atoms with van der Waals surface area (Å²) >= 11 is 0. The van der Waals surface area contributed by atoms with Gasteiger partial charge in [0.25, 0.3) is 0 Å². The number of carbonyl (C=O) groups is 3. The molecule has 0 aromatic heterocycles. The van der Waals surface area contributed by atoms with E-state index in [1.54, 1.807) is 19.0 Å². The molecule has 4 N–H and O–H groups in total. The van der Waals surface area contributed by atoms with Crippen LogP contribution in [0.4, 0.5) is 4.79 Å². The van der Waals surface area contributed by atoms with Crippen molar-refractivity contribution in [3.05, 3.63) is 83.4 Å². The van der Waals surface area contributed by atoms with Gasteiger partial charge in [-0.25, -0.2) is 4.79 Å². The van der Waals surface area contributed by atoms with Crippen molar-refractivity contribution >= 4 is 28.6 Å². The minimum atomic E-state index is -0.740. The number of amides is 4. The van der Waals surface area contributed by atoms with Gasteiger partial charge in [0.15, 0.2) is 0 Å². The molecule has 0 saturated carbocycles. The second kappa shape index (κ2) is 13.6. The van der Waals surface area contributed by atoms with Crippen LogP contribution in [-0.4, -0.2) is 74.0 Å². The second-order valence-electron chi connectivity index (χ2n) is 12.4. The number of likely N-dealkylation sites (tertiary alicyclic amines) is 1. The molecule has 6 rings (SSSR count). The van der Waals surface area contributed by atoms with Crippen molar-refractivity contribution < 1.29 is 14.4 Å². The van der Waals surface area contributed by atoms with Crippen molar-refractivity contribution in [2.75, 3.05) is 40.3 Å². The molecular weight excluding hydrogens is 538 g/mol. The summed E-state index contributed by atoms with van der Waals surface area (Å²) < 4.78 is 0. The fraction of sp³-hybridized carbons (Fsp3) is 0.457. The minimum Gasteiger partial charge on any atom is -0.352 e. The molecule has 0 radical (unpaired) electrons. The largest absolute Gasteiger partial charge is 0.352 e. The van der Waals surface area contributed by atoms with Crippen LogP contribution < -0.4 is 16.4 Å². The van der Waals surface area contributed by atoms with E-state index in [1.165, 1.54) is 37.9 Å². The SMILES string of the molecule is C1CCNCC1.CN(C)C(=O)[C@@H]1CC2(CCN(C(=O)C(Cc3cccc4ccccc34)NC(N)=O)CC2)c2ccccc21. The van der Waals surface area contributed by atoms with E-state index in [0.29, 0.717) is 19.5 Å². The molecule has 2 saturated heterocycles. The van der Waals surface area contributed by atoms with Gasteiger partial charge in [0.2, 0.25) is 11.8 Å². The molecule has 3 aromatic carbocycles. The van der Waals surface area contributed by atoms with Crippen molar-refractivity contribution in [3.63, 3.8) is 0 Å². The van der Waals surface area contributed by atoms with E-state index < -0.39 is 12.1 Å². The highest BCUT2D eigenvalue weighted by Crippen LogP contribution is 2.52. The first-order chi connectivity index (χ1) is 20.8. The highest BCUT2D eigenvalue weighted by atomic mass is 16.2. The third kappa shape index (κ3) is 6.85. The average molecular weight is 584 g/mol. The molecule has 43 heavy (non-hydrogen) atoms. The summed E-state index contributed by atoms with van der Waals surface area (Å²) in [7, 11) is 3.61. The molecule has 2 aliphatic heterocycles. The fourth-order valence-corrected chi connectivity index (χ4v) is 7.14. The molecule has 1 unspecified atom stereocenters. The summed E-state index contributed by atoms with van der Waals surface area (Å²) in [4.78, 5) is 42.0. The van der Waals surface area contributed by atoms with Gasteiger partial charge in [-0.2, -0.15) is 0 Å². The number of hydrogen-bond donors (Lipinski definition) is 3. The lowest BCUT2D eigenvalue weighted by molar-refractivity contribution is -0.135. The standard InChI is InChI=1S/C30H34N4O3.C5H11N/c1-33(2)27(35)24-19-30(25-13-6-5-12-23(24)25)14-16-34(17-15-30)28(36)26(32-29(31)37)18-21-10-7-9-20-8-3-4-11-22(20)21;1-2-4-6-5-3-1/h3-13,24,26H,14-19H2,1-2H3,(H3,31,32,37);6H,1-5H2/t24-,26?;/m1./s1. The van der Waals surface area contributed by atoms with Gasteiger partial charge in [-0.15, -0.1) is 0 Å². The lowest BCUT2D eigenvalue weighted by atomic mass is 9.73. The lowest BCUT2D eigenvalue weighted by Crippen LogP contribution is -2.54. The zero-order valence-electron chi connectivity index (χ0n) is 25.5. The molecule has 1 aliphatic carbocycles. The number of fused-ring (bicyclic) bond motifs is 3. The van der Waals surface area contributed by atoms with Gasteiger partial charge in [0, 0.05) is 39.0 Å². The quantitative estimate of drug-likeness (QED) is 0.416. The first-order valence-corrected chi connectivity index (χ1v) is 15.6. The predicted octanol–water partition coefficient (Wildman–Crippen LogP) is 4.32. The van der Waals surface area contributed by atoms with Crippen LogP contribution >= 0.6 is 0 Å². The fourth-order valence-electron chi connectivity index (χ4n) is 7.14. The van der Waals surface area contributed by atoms with E-state index in [9.17, 15) is 14.4 Å². The molecule has 8 heteroatoms. The zero-order chi connectivity index (χ0) is 30.4. The Morgan fingerprint density at radius 2 is 1.63 bits per heavy atom. The molecule has 2 atom stereocenters. The molecule has 2 fully saturated rings. The molecule has 4 amide bonds. The molecule has 228 valence electrons. The lowest BCUT2D eigenvalue weighted by Gasteiger charge is -2.41. The van der Waals surface area contributed by atoms with Crippen LogP contribution in [0.15, 0.2) is 66.7 Å². The van der Waals surface area contributed by atoms with E-state index in [-0.39, 0.29) is 23.1 Å². The number of likely N-dealkylation sites (N-methyl/N-ethyl adjacent to an activating group) is 1. The Labute approximate surface area is 255 Å². The molecule has 3 aromatic rings. The molecule has 2 heterocycles. The average Bonchev–Trinajstić information content (AvgIpc) is 3.35. The zero-order valence-corrected chi connectivity index (χ0v) is 25.5. The Balaban J connectivity index is 0.000000548. The van der Waals surface area contributed by atoms with Gasteiger partial charge in [-0.1, -0.05) is 73.2 Å². The molecule has 3 aliphatic rings. The number of rotatable bonds is 5. The summed E-state index contributed by atoms with van der Waals surface area (Å²) in [6, 6.07) is 20.8. The predicted molar refractivity (Wildman–Crippen MR) is 171 cm³/mol. The van der Waals surface area contributed by atoms with Crippen molar-refractivity contribution in [2.45, 2.75) is 62.3 Å². The number of benzene rings is 3. The number of nitrogens with one attached hydrogen (secondary N) is 2. The van der Waals surface area contributed by atoms with Crippen molar-refractivity contribution in [1.82, 2.24) is 20.4 Å². The number of nitrogens with zero attached hydrogens (tertiary/aromatic N) is 2. The Hall–Kier alpha value is -3.91. The normalized spacial score (nSPS) is 19.6. The maximum atomic E-state index is 13.7. The summed E-state index contributed by atoms with van der Waals surface area (Å²) in [5.41, 5.74) is 8.72. The maximum Gasteiger partial charge on any atom is 0.312 e. The second-order valence-corrected chi connectivity index (χ2v) is 12.4. The number of carbonyl (C=O) groups excluding carboxylic acids is 3. The van der Waals surface area contributed by atoms with Crippen LogP contribution in [0.3, 0.4) is 0 Å². The summed E-state index contributed by atoms with van der Waals surface area (Å²) in [5.74, 6) is -0.137. The number of piperidine rings is 2. The number of primary amides is 1. The molecule has 1 spiro atoms. The Bertz CT molecular complexity index is 1430. The third-order valence-electron chi connectivity index (χ3n) is 9.40. The monoisotopic (exact) mass is 583 g/mol. The Morgan fingerprint density at radius 3 is 2.28 bits per heavy atom. The number of hydrogen-bond acceptors (Lipinski definition) is 4. The topological polar surface area (TPSA) is 108 Å². The van der Waals surface area contributed by atoms with E-state index in [1.807, 2.05) is 59.5 Å². The van der Waals surface area contributed by atoms with Gasteiger partial charge < -0.3 is 26.2 Å². The molecule has 0 bridgehead atoms. The van der Waals surface area contributed by atoms with Crippen molar-refractivity contribution in [3.8, 4) is 0 Å². The first-order valence-electron chi connectivity index (χ1n) is 15.6. The molecular formula is C35H45N5O3. The van der Waals surface area contributed by atoms with Gasteiger partial charge in [-0.3, -0.25) is 9.59 Å². The van der Waals surface area contributed by atoms with Crippen LogP contribution in [0, 0.1) is 0 Å².